The van der Waals surface area contributed by atoms with Gasteiger partial charge in [-0.05, 0) is 73.5 Å². The number of nitrogens with one attached hydrogen (secondary N) is 2. The number of urea groups is 1. The molecule has 0 radical (unpaired) electrons. The fourth-order valence-electron chi connectivity index (χ4n) is 3.68. The number of hydrogen-bond donors (Lipinski definition) is 2. The highest BCUT2D eigenvalue weighted by molar-refractivity contribution is 6.40. The van der Waals surface area contributed by atoms with Crippen LogP contribution >= 0.6 is 23.2 Å². The lowest BCUT2D eigenvalue weighted by molar-refractivity contribution is -0.122. The highest BCUT2D eigenvalue weighted by atomic mass is 35.5. The summed E-state index contributed by atoms with van der Waals surface area (Å²) in [7, 11) is 0. The third-order valence-electron chi connectivity index (χ3n) is 5.45. The Bertz CT molecular complexity index is 1470. The quantitative estimate of drug-likeness (QED) is 0.328. The van der Waals surface area contributed by atoms with Crippen molar-refractivity contribution in [3.8, 4) is 5.75 Å². The Morgan fingerprint density at radius 1 is 1.00 bits per heavy atom. The van der Waals surface area contributed by atoms with Gasteiger partial charge in [-0.3, -0.25) is 19.7 Å². The zero-order chi connectivity index (χ0) is 26.7. The molecule has 0 aliphatic carbocycles. The van der Waals surface area contributed by atoms with Crippen molar-refractivity contribution in [2.24, 2.45) is 0 Å². The number of hydrogen-bond acceptors (Lipinski definition) is 5. The second-order valence-electron chi connectivity index (χ2n) is 8.28. The summed E-state index contributed by atoms with van der Waals surface area (Å²) in [5.41, 5.74) is 2.40. The van der Waals surface area contributed by atoms with Crippen molar-refractivity contribution in [2.45, 2.75) is 13.8 Å². The smallest absolute Gasteiger partial charge is 0.335 e. The molecular formula is C27H21Cl2N3O5. The topological polar surface area (TPSA) is 105 Å². The first kappa shape index (κ1) is 25.9. The number of imide groups is 2. The number of nitrogens with zero attached hydrogens (tertiary/aromatic N) is 1. The molecule has 188 valence electrons. The van der Waals surface area contributed by atoms with Crippen LogP contribution in [0.1, 0.15) is 16.7 Å². The largest absolute Gasteiger partial charge is 0.483 e. The van der Waals surface area contributed by atoms with E-state index in [9.17, 15) is 19.2 Å². The lowest BCUT2D eigenvalue weighted by Gasteiger charge is -2.27. The Hall–Kier alpha value is -4.14. The van der Waals surface area contributed by atoms with Crippen LogP contribution in [0.4, 0.5) is 16.2 Å². The monoisotopic (exact) mass is 537 g/mol. The van der Waals surface area contributed by atoms with E-state index < -0.39 is 23.8 Å². The number of ether oxygens (including phenoxy) is 1. The van der Waals surface area contributed by atoms with Crippen LogP contribution in [-0.4, -0.2) is 30.4 Å². The van der Waals surface area contributed by atoms with Crippen molar-refractivity contribution in [1.82, 2.24) is 5.32 Å². The summed E-state index contributed by atoms with van der Waals surface area (Å²) in [6.07, 6.45) is 1.26. The zero-order valence-electron chi connectivity index (χ0n) is 19.8. The molecule has 3 aromatic carbocycles. The van der Waals surface area contributed by atoms with E-state index >= 15 is 0 Å². The molecule has 1 aliphatic rings. The first-order valence-corrected chi connectivity index (χ1v) is 11.8. The van der Waals surface area contributed by atoms with Crippen molar-refractivity contribution >= 4 is 64.4 Å². The van der Waals surface area contributed by atoms with Gasteiger partial charge in [0.2, 0.25) is 0 Å². The molecule has 0 aromatic heterocycles. The highest BCUT2D eigenvalue weighted by Gasteiger charge is 2.37. The molecule has 1 fully saturated rings. The molecule has 0 spiro atoms. The third-order valence-corrected chi connectivity index (χ3v) is 5.92. The molecule has 1 saturated heterocycles. The predicted molar refractivity (Wildman–Crippen MR) is 142 cm³/mol. The van der Waals surface area contributed by atoms with E-state index in [1.807, 2.05) is 25.1 Å². The number of halogens is 2. The number of carbonyl (C=O) groups is 4. The maximum Gasteiger partial charge on any atom is 0.335 e. The Labute approximate surface area is 222 Å². The summed E-state index contributed by atoms with van der Waals surface area (Å²) in [5, 5.41) is 5.54. The molecule has 2 N–H and O–H groups in total. The molecule has 3 aromatic rings. The van der Waals surface area contributed by atoms with Crippen LogP contribution in [-0.2, 0) is 14.4 Å². The highest BCUT2D eigenvalue weighted by Crippen LogP contribution is 2.30. The number of benzene rings is 3. The fraction of sp³-hybridized carbons (Fsp3) is 0.111. The average molecular weight is 538 g/mol. The van der Waals surface area contributed by atoms with Crippen LogP contribution in [0.3, 0.4) is 0 Å². The molecule has 4 rings (SSSR count). The van der Waals surface area contributed by atoms with Gasteiger partial charge in [-0.2, -0.15) is 0 Å². The van der Waals surface area contributed by atoms with Gasteiger partial charge < -0.3 is 10.1 Å². The van der Waals surface area contributed by atoms with Crippen LogP contribution in [0, 0.1) is 13.8 Å². The van der Waals surface area contributed by atoms with Crippen LogP contribution in [0.25, 0.3) is 6.08 Å². The van der Waals surface area contributed by atoms with Gasteiger partial charge in [-0.1, -0.05) is 41.4 Å². The average Bonchev–Trinajstić information content (AvgIpc) is 2.83. The molecular weight excluding hydrogens is 517 g/mol. The summed E-state index contributed by atoms with van der Waals surface area (Å²) in [6, 6.07) is 15.7. The normalized spacial score (nSPS) is 14.5. The Morgan fingerprint density at radius 2 is 1.73 bits per heavy atom. The second-order valence-corrected chi connectivity index (χ2v) is 9.15. The van der Waals surface area contributed by atoms with Gasteiger partial charge in [-0.15, -0.1) is 0 Å². The standard InChI is InChI=1S/C27H21Cl2N3O5/c1-15-4-3-5-20(10-15)30-24(33)14-37-23-9-8-18(28)11-17(23)12-21-25(34)31-27(36)32(26(21)35)22-13-19(29)7-6-16(22)2/h3-13H,14H2,1-2H3,(H,30,33)(H,31,34,36)/b21-12+. The molecule has 1 heterocycles. The van der Waals surface area contributed by atoms with Crippen LogP contribution < -0.4 is 20.3 Å². The van der Waals surface area contributed by atoms with E-state index in [4.69, 9.17) is 27.9 Å². The summed E-state index contributed by atoms with van der Waals surface area (Å²) in [6.45, 7) is 3.28. The van der Waals surface area contributed by atoms with Gasteiger partial charge in [0, 0.05) is 21.3 Å². The van der Waals surface area contributed by atoms with E-state index in [0.29, 0.717) is 21.3 Å². The van der Waals surface area contributed by atoms with Crippen molar-refractivity contribution in [2.75, 3.05) is 16.8 Å². The summed E-state index contributed by atoms with van der Waals surface area (Å²) >= 11 is 12.2. The Balaban J connectivity index is 1.61. The van der Waals surface area contributed by atoms with Gasteiger partial charge >= 0.3 is 6.03 Å². The lowest BCUT2D eigenvalue weighted by Crippen LogP contribution is -2.54. The number of rotatable bonds is 6. The van der Waals surface area contributed by atoms with E-state index in [-0.39, 0.29) is 29.2 Å². The molecule has 0 saturated carbocycles. The molecule has 0 atom stereocenters. The summed E-state index contributed by atoms with van der Waals surface area (Å²) in [5.74, 6) is -1.92. The van der Waals surface area contributed by atoms with Crippen molar-refractivity contribution < 1.29 is 23.9 Å². The van der Waals surface area contributed by atoms with Gasteiger partial charge in [0.05, 0.1) is 5.69 Å². The number of aryl methyl sites for hydroxylation is 2. The Morgan fingerprint density at radius 3 is 2.49 bits per heavy atom. The molecule has 0 unspecified atom stereocenters. The summed E-state index contributed by atoms with van der Waals surface area (Å²) in [4.78, 5) is 51.7. The maximum atomic E-state index is 13.3. The van der Waals surface area contributed by atoms with E-state index in [1.165, 1.54) is 24.3 Å². The van der Waals surface area contributed by atoms with E-state index in [2.05, 4.69) is 10.6 Å². The first-order valence-electron chi connectivity index (χ1n) is 11.1. The molecule has 8 nitrogen and oxygen atoms in total. The van der Waals surface area contributed by atoms with Crippen LogP contribution in [0.5, 0.6) is 5.75 Å². The maximum absolute atomic E-state index is 13.3. The van der Waals surface area contributed by atoms with Gasteiger partial charge in [-0.25, -0.2) is 9.69 Å². The SMILES string of the molecule is Cc1cccc(NC(=O)COc2ccc(Cl)cc2/C=C2\C(=O)NC(=O)N(c3cc(Cl)ccc3C)C2=O)c1. The second kappa shape index (κ2) is 10.9. The molecule has 5 amide bonds. The molecule has 1 aliphatic heterocycles. The fourth-order valence-corrected chi connectivity index (χ4v) is 4.03. The third kappa shape index (κ3) is 5.99. The molecule has 10 heteroatoms. The van der Waals surface area contributed by atoms with E-state index in [0.717, 1.165) is 10.5 Å². The van der Waals surface area contributed by atoms with Gasteiger partial charge in [0.15, 0.2) is 6.61 Å². The molecule has 0 bridgehead atoms. The lowest BCUT2D eigenvalue weighted by atomic mass is 10.0. The summed E-state index contributed by atoms with van der Waals surface area (Å²) < 4.78 is 5.68. The van der Waals surface area contributed by atoms with Crippen molar-refractivity contribution in [3.63, 3.8) is 0 Å². The first-order chi connectivity index (χ1) is 17.6. The predicted octanol–water partition coefficient (Wildman–Crippen LogP) is 5.29. The Kier molecular flexibility index (Phi) is 7.61. The van der Waals surface area contributed by atoms with Crippen LogP contribution in [0.15, 0.2) is 66.2 Å². The zero-order valence-corrected chi connectivity index (χ0v) is 21.3. The van der Waals surface area contributed by atoms with Gasteiger partial charge in [0.25, 0.3) is 17.7 Å². The van der Waals surface area contributed by atoms with E-state index in [1.54, 1.807) is 31.2 Å². The minimum Gasteiger partial charge on any atom is -0.483 e. The van der Waals surface area contributed by atoms with Crippen molar-refractivity contribution in [1.29, 1.82) is 0 Å². The minimum absolute atomic E-state index is 0.208. The van der Waals surface area contributed by atoms with Crippen LogP contribution in [0.2, 0.25) is 10.0 Å². The molecule has 37 heavy (non-hydrogen) atoms. The number of anilines is 2. The van der Waals surface area contributed by atoms with Crippen molar-refractivity contribution in [3.05, 3.63) is 93.0 Å². The van der Waals surface area contributed by atoms with Gasteiger partial charge in [0.1, 0.15) is 11.3 Å². The number of carbonyl (C=O) groups excluding carboxylic acids is 4. The minimum atomic E-state index is -0.895. The number of amides is 5. The number of barbiturate groups is 1.